The molecule has 1 aromatic heterocycles. The van der Waals surface area contributed by atoms with Crippen LogP contribution in [0.1, 0.15) is 17.8 Å². The molecule has 2 rings (SSSR count). The molecule has 2 nitrogen and oxygen atoms in total. The third-order valence-corrected chi connectivity index (χ3v) is 3.12. The van der Waals surface area contributed by atoms with E-state index in [1.807, 2.05) is 0 Å². The van der Waals surface area contributed by atoms with Gasteiger partial charge in [0.2, 0.25) is 0 Å². The third-order valence-electron chi connectivity index (χ3n) is 2.17. The Hall–Kier alpha value is -0.380. The van der Waals surface area contributed by atoms with Gasteiger partial charge >= 0.3 is 0 Å². The normalized spacial score (nSPS) is 30.4. The largest absolute Gasteiger partial charge is 0.375 e. The summed E-state index contributed by atoms with van der Waals surface area (Å²) in [7, 11) is 0. The summed E-state index contributed by atoms with van der Waals surface area (Å²) in [5.74, 6) is 0. The van der Waals surface area contributed by atoms with Crippen molar-refractivity contribution in [2.45, 2.75) is 19.1 Å². The van der Waals surface area contributed by atoms with Gasteiger partial charge in [0, 0.05) is 11.4 Å². The van der Waals surface area contributed by atoms with Gasteiger partial charge in [-0.25, -0.2) is 0 Å². The summed E-state index contributed by atoms with van der Waals surface area (Å²) in [6.07, 6.45) is 0.303. The lowest BCUT2D eigenvalue weighted by Crippen LogP contribution is -2.39. The summed E-state index contributed by atoms with van der Waals surface area (Å²) in [4.78, 5) is 1.38. The molecule has 1 fully saturated rings. The molecule has 2 unspecified atom stereocenters. The van der Waals surface area contributed by atoms with Gasteiger partial charge < -0.3 is 10.1 Å². The molecule has 0 spiro atoms. The van der Waals surface area contributed by atoms with Gasteiger partial charge in [0.25, 0.3) is 0 Å². The van der Waals surface area contributed by atoms with Crippen molar-refractivity contribution in [2.75, 3.05) is 13.2 Å². The molecule has 2 atom stereocenters. The molecule has 0 amide bonds. The molecule has 0 radical (unpaired) electrons. The molecule has 0 bridgehead atoms. The van der Waals surface area contributed by atoms with Crippen LogP contribution in [0.3, 0.4) is 0 Å². The molecule has 2 heterocycles. The van der Waals surface area contributed by atoms with Crippen LogP contribution in [0.25, 0.3) is 0 Å². The van der Waals surface area contributed by atoms with Crippen LogP contribution in [0.4, 0.5) is 0 Å². The molecule has 0 aromatic carbocycles. The van der Waals surface area contributed by atoms with Crippen LogP contribution in [-0.4, -0.2) is 19.3 Å². The Morgan fingerprint density at radius 3 is 3.25 bits per heavy atom. The predicted octanol–water partition coefficient (Wildman–Crippen LogP) is 1.80. The first kappa shape index (κ1) is 8.23. The number of thiophene rings is 1. The van der Waals surface area contributed by atoms with Gasteiger partial charge in [-0.3, -0.25) is 0 Å². The molecule has 3 heteroatoms. The topological polar surface area (TPSA) is 21.3 Å². The minimum absolute atomic E-state index is 0.303. The van der Waals surface area contributed by atoms with E-state index in [-0.39, 0.29) is 0 Å². The molecule has 66 valence electrons. The molecule has 0 aliphatic carbocycles. The van der Waals surface area contributed by atoms with E-state index in [9.17, 15) is 0 Å². The van der Waals surface area contributed by atoms with Gasteiger partial charge in [0.05, 0.1) is 18.8 Å². The van der Waals surface area contributed by atoms with E-state index in [0.29, 0.717) is 12.1 Å². The highest BCUT2D eigenvalue weighted by Gasteiger charge is 2.23. The summed E-state index contributed by atoms with van der Waals surface area (Å²) in [6, 6.07) is 4.65. The predicted molar refractivity (Wildman–Crippen MR) is 50.5 cm³/mol. The summed E-state index contributed by atoms with van der Waals surface area (Å²) in [5, 5.41) is 5.57. The molecule has 1 aliphatic heterocycles. The van der Waals surface area contributed by atoms with Gasteiger partial charge in [-0.15, -0.1) is 11.3 Å². The van der Waals surface area contributed by atoms with Crippen molar-refractivity contribution in [3.8, 4) is 0 Å². The molecule has 0 saturated carbocycles. The highest BCUT2D eigenvalue weighted by Crippen LogP contribution is 2.25. The Bertz CT molecular complexity index is 235. The minimum atomic E-state index is 0.303. The van der Waals surface area contributed by atoms with Gasteiger partial charge in [-0.05, 0) is 18.4 Å². The van der Waals surface area contributed by atoms with Crippen molar-refractivity contribution in [2.24, 2.45) is 0 Å². The standard InChI is InChI=1S/C9H13NOS/c1-7-9(10-4-5-11-7)8-3-2-6-12-8/h2-3,6-7,9-10H,4-5H2,1H3. The second kappa shape index (κ2) is 3.56. The van der Waals surface area contributed by atoms with E-state index >= 15 is 0 Å². The van der Waals surface area contributed by atoms with Crippen molar-refractivity contribution in [3.63, 3.8) is 0 Å². The minimum Gasteiger partial charge on any atom is -0.375 e. The molecule has 1 aromatic rings. The summed E-state index contributed by atoms with van der Waals surface area (Å²) >= 11 is 1.79. The van der Waals surface area contributed by atoms with Crippen LogP contribution in [0.5, 0.6) is 0 Å². The average molecular weight is 183 g/mol. The van der Waals surface area contributed by atoms with Crippen molar-refractivity contribution in [1.82, 2.24) is 5.32 Å². The van der Waals surface area contributed by atoms with Crippen LogP contribution in [0.15, 0.2) is 17.5 Å². The fourth-order valence-corrected chi connectivity index (χ4v) is 2.41. The first-order valence-corrected chi connectivity index (χ1v) is 5.14. The van der Waals surface area contributed by atoms with E-state index < -0.39 is 0 Å². The van der Waals surface area contributed by atoms with E-state index in [1.54, 1.807) is 11.3 Å². The summed E-state index contributed by atoms with van der Waals surface area (Å²) in [6.45, 7) is 3.92. The average Bonchev–Trinajstić information content (AvgIpc) is 2.57. The van der Waals surface area contributed by atoms with Crippen LogP contribution in [0, 0.1) is 0 Å². The Morgan fingerprint density at radius 2 is 2.58 bits per heavy atom. The second-order valence-corrected chi connectivity index (χ2v) is 4.00. The number of ether oxygens (including phenoxy) is 1. The maximum Gasteiger partial charge on any atom is 0.0750 e. The summed E-state index contributed by atoms with van der Waals surface area (Å²) < 4.78 is 5.56. The van der Waals surface area contributed by atoms with Gasteiger partial charge in [-0.2, -0.15) is 0 Å². The maximum absolute atomic E-state index is 5.56. The highest BCUT2D eigenvalue weighted by atomic mass is 32.1. The number of nitrogens with one attached hydrogen (secondary N) is 1. The molecule has 1 N–H and O–H groups in total. The van der Waals surface area contributed by atoms with Crippen LogP contribution >= 0.6 is 11.3 Å². The van der Waals surface area contributed by atoms with Crippen molar-refractivity contribution in [1.29, 1.82) is 0 Å². The maximum atomic E-state index is 5.56. The van der Waals surface area contributed by atoms with Crippen molar-refractivity contribution >= 4 is 11.3 Å². The van der Waals surface area contributed by atoms with E-state index in [2.05, 4.69) is 29.8 Å². The zero-order valence-corrected chi connectivity index (χ0v) is 7.93. The lowest BCUT2D eigenvalue weighted by molar-refractivity contribution is 0.00854. The van der Waals surface area contributed by atoms with E-state index in [0.717, 1.165) is 13.2 Å². The van der Waals surface area contributed by atoms with Crippen LogP contribution < -0.4 is 5.32 Å². The first-order valence-electron chi connectivity index (χ1n) is 4.26. The number of hydrogen-bond acceptors (Lipinski definition) is 3. The third kappa shape index (κ3) is 1.53. The van der Waals surface area contributed by atoms with Crippen LogP contribution in [0.2, 0.25) is 0 Å². The van der Waals surface area contributed by atoms with E-state index in [1.165, 1.54) is 4.88 Å². The Kier molecular flexibility index (Phi) is 2.44. The van der Waals surface area contributed by atoms with Gasteiger partial charge in [-0.1, -0.05) is 6.07 Å². The SMILES string of the molecule is CC1OCCNC1c1cccs1. The lowest BCUT2D eigenvalue weighted by atomic mass is 10.1. The van der Waals surface area contributed by atoms with E-state index in [4.69, 9.17) is 4.74 Å². The van der Waals surface area contributed by atoms with Crippen LogP contribution in [-0.2, 0) is 4.74 Å². The van der Waals surface area contributed by atoms with Gasteiger partial charge in [0.1, 0.15) is 0 Å². The second-order valence-electron chi connectivity index (χ2n) is 3.02. The zero-order chi connectivity index (χ0) is 8.39. The Morgan fingerprint density at radius 1 is 1.67 bits per heavy atom. The molecular weight excluding hydrogens is 170 g/mol. The number of morpholine rings is 1. The van der Waals surface area contributed by atoms with Crippen molar-refractivity contribution < 1.29 is 4.74 Å². The summed E-state index contributed by atoms with van der Waals surface area (Å²) in [5.41, 5.74) is 0. The first-order chi connectivity index (χ1) is 5.88. The Balaban J connectivity index is 2.11. The fourth-order valence-electron chi connectivity index (χ4n) is 1.52. The molecule has 12 heavy (non-hydrogen) atoms. The lowest BCUT2D eigenvalue weighted by Gasteiger charge is -2.29. The van der Waals surface area contributed by atoms with Gasteiger partial charge in [0.15, 0.2) is 0 Å². The number of rotatable bonds is 1. The van der Waals surface area contributed by atoms with Crippen molar-refractivity contribution in [3.05, 3.63) is 22.4 Å². The smallest absolute Gasteiger partial charge is 0.0750 e. The Labute approximate surface area is 76.6 Å². The highest BCUT2D eigenvalue weighted by molar-refractivity contribution is 7.10. The monoisotopic (exact) mass is 183 g/mol. The molecule has 1 aliphatic rings. The fraction of sp³-hybridized carbons (Fsp3) is 0.556. The molecule has 1 saturated heterocycles. The number of hydrogen-bond donors (Lipinski definition) is 1. The molecular formula is C9H13NOS. The quantitative estimate of drug-likeness (QED) is 0.717. The zero-order valence-electron chi connectivity index (χ0n) is 7.12.